The molecule has 7 nitrogen and oxygen atoms in total. The van der Waals surface area contributed by atoms with E-state index in [0.29, 0.717) is 12.8 Å². The zero-order chi connectivity index (χ0) is 23.4. The number of ether oxygens (including phenoxy) is 1. The van der Waals surface area contributed by atoms with Gasteiger partial charge in [0.15, 0.2) is 0 Å². The van der Waals surface area contributed by atoms with Gasteiger partial charge in [-0.25, -0.2) is 8.42 Å². The highest BCUT2D eigenvalue weighted by molar-refractivity contribution is 7.89. The van der Waals surface area contributed by atoms with Crippen molar-refractivity contribution >= 4 is 15.9 Å². The van der Waals surface area contributed by atoms with Gasteiger partial charge in [-0.05, 0) is 43.2 Å². The number of nitrogens with zero attached hydrogens (tertiary/aromatic N) is 1. The Morgan fingerprint density at radius 2 is 1.91 bits per heavy atom. The summed E-state index contributed by atoms with van der Waals surface area (Å²) >= 11 is 0. The molecule has 0 bridgehead atoms. The Morgan fingerprint density at radius 3 is 2.59 bits per heavy atom. The normalized spacial score (nSPS) is 18.3. The lowest BCUT2D eigenvalue weighted by atomic mass is 10.2. The summed E-state index contributed by atoms with van der Waals surface area (Å²) in [5.41, 5.74) is -0.876. The highest BCUT2D eigenvalue weighted by atomic mass is 32.2. The van der Waals surface area contributed by atoms with Crippen molar-refractivity contribution < 1.29 is 36.2 Å². The Labute approximate surface area is 183 Å². The second-order valence-electron chi connectivity index (χ2n) is 7.32. The number of rotatable bonds is 8. The Bertz CT molecular complexity index is 1030. The van der Waals surface area contributed by atoms with E-state index in [9.17, 15) is 31.5 Å². The second kappa shape index (κ2) is 9.88. The van der Waals surface area contributed by atoms with Crippen LogP contribution in [-0.4, -0.2) is 55.6 Å². The molecule has 2 N–H and O–H groups in total. The van der Waals surface area contributed by atoms with Gasteiger partial charge in [0.1, 0.15) is 24.5 Å². The summed E-state index contributed by atoms with van der Waals surface area (Å²) in [6.45, 7) is -0.387. The fraction of sp³-hybridized carbons (Fsp3) is 0.381. The smallest absolute Gasteiger partial charge is 0.416 e. The minimum atomic E-state index is -4.51. The first-order chi connectivity index (χ1) is 15.1. The molecule has 11 heteroatoms. The van der Waals surface area contributed by atoms with Crippen molar-refractivity contribution in [3.63, 3.8) is 0 Å². The lowest BCUT2D eigenvalue weighted by molar-refractivity contribution is -0.137. The number of hydrogen-bond acceptors (Lipinski definition) is 5. The number of alkyl halides is 3. The molecule has 1 aliphatic rings. The SMILES string of the molecule is O=C(NCC(O)COc1cccc(C(F)(F)F)c1)C1CCCN1S(=O)(=O)c1ccccc1. The van der Waals surface area contributed by atoms with Crippen LogP contribution in [0.2, 0.25) is 0 Å². The minimum absolute atomic E-state index is 0.0684. The maximum absolute atomic E-state index is 12.8. The van der Waals surface area contributed by atoms with Crippen molar-refractivity contribution in [3.05, 3.63) is 60.2 Å². The number of carbonyl (C=O) groups is 1. The molecule has 0 spiro atoms. The Hall–Kier alpha value is -2.63. The Morgan fingerprint density at radius 1 is 1.19 bits per heavy atom. The number of amides is 1. The number of sulfonamides is 1. The van der Waals surface area contributed by atoms with Crippen molar-refractivity contribution in [1.29, 1.82) is 0 Å². The highest BCUT2D eigenvalue weighted by Gasteiger charge is 2.39. The van der Waals surface area contributed by atoms with Crippen LogP contribution in [0.4, 0.5) is 13.2 Å². The molecule has 32 heavy (non-hydrogen) atoms. The topological polar surface area (TPSA) is 95.9 Å². The van der Waals surface area contributed by atoms with Gasteiger partial charge in [-0.3, -0.25) is 4.79 Å². The molecule has 1 fully saturated rings. The fourth-order valence-corrected chi connectivity index (χ4v) is 5.04. The summed E-state index contributed by atoms with van der Waals surface area (Å²) in [6.07, 6.45) is -4.85. The average Bonchev–Trinajstić information content (AvgIpc) is 3.27. The number of nitrogens with one attached hydrogen (secondary N) is 1. The third-order valence-corrected chi connectivity index (χ3v) is 6.89. The standard InChI is InChI=1S/C21H23F3N2O5S/c22-21(23,24)15-6-4-7-17(12-15)31-14-16(27)13-25-20(28)19-10-5-11-26(19)32(29,30)18-8-2-1-3-9-18/h1-4,6-9,12,16,19,27H,5,10-11,13-14H2,(H,25,28). The molecule has 1 amide bonds. The van der Waals surface area contributed by atoms with Crippen LogP contribution in [-0.2, 0) is 21.0 Å². The summed E-state index contributed by atoms with van der Waals surface area (Å²) in [7, 11) is -3.84. The summed E-state index contributed by atoms with van der Waals surface area (Å²) in [5, 5.41) is 12.5. The summed E-state index contributed by atoms with van der Waals surface area (Å²) in [4.78, 5) is 12.7. The molecule has 0 radical (unpaired) electrons. The van der Waals surface area contributed by atoms with Gasteiger partial charge in [-0.2, -0.15) is 17.5 Å². The van der Waals surface area contributed by atoms with Gasteiger partial charge in [-0.1, -0.05) is 24.3 Å². The molecule has 0 aliphatic carbocycles. The molecule has 2 aromatic rings. The van der Waals surface area contributed by atoms with Crippen molar-refractivity contribution in [3.8, 4) is 5.75 Å². The molecule has 2 atom stereocenters. The first kappa shape index (κ1) is 24.0. The Kier molecular flexibility index (Phi) is 7.42. The van der Waals surface area contributed by atoms with Gasteiger partial charge in [0.2, 0.25) is 15.9 Å². The Balaban J connectivity index is 1.54. The molecule has 0 saturated carbocycles. The van der Waals surface area contributed by atoms with Crippen LogP contribution in [0.25, 0.3) is 0 Å². The molecule has 0 aromatic heterocycles. The molecule has 1 saturated heterocycles. The van der Waals surface area contributed by atoms with E-state index in [1.165, 1.54) is 24.3 Å². The van der Waals surface area contributed by atoms with Gasteiger partial charge in [-0.15, -0.1) is 0 Å². The number of halogens is 3. The van der Waals surface area contributed by atoms with Crippen molar-refractivity contribution in [2.75, 3.05) is 19.7 Å². The van der Waals surface area contributed by atoms with Crippen LogP contribution in [0.1, 0.15) is 18.4 Å². The summed E-state index contributed by atoms with van der Waals surface area (Å²) in [5.74, 6) is -0.624. The predicted octanol–water partition coefficient (Wildman–Crippen LogP) is 2.41. The quantitative estimate of drug-likeness (QED) is 0.615. The molecule has 174 valence electrons. The van der Waals surface area contributed by atoms with E-state index in [4.69, 9.17) is 4.74 Å². The lowest BCUT2D eigenvalue weighted by Crippen LogP contribution is -2.48. The van der Waals surface area contributed by atoms with E-state index in [-0.39, 0.29) is 30.3 Å². The first-order valence-electron chi connectivity index (χ1n) is 9.92. The van der Waals surface area contributed by atoms with Crippen LogP contribution in [0.5, 0.6) is 5.75 Å². The summed E-state index contributed by atoms with van der Waals surface area (Å²) < 4.78 is 70.3. The molecule has 2 unspecified atom stereocenters. The highest BCUT2D eigenvalue weighted by Crippen LogP contribution is 2.31. The maximum Gasteiger partial charge on any atom is 0.416 e. The van der Waals surface area contributed by atoms with Crippen LogP contribution >= 0.6 is 0 Å². The van der Waals surface area contributed by atoms with Gasteiger partial charge < -0.3 is 15.2 Å². The predicted molar refractivity (Wildman–Crippen MR) is 109 cm³/mol. The van der Waals surface area contributed by atoms with Gasteiger partial charge in [0.25, 0.3) is 0 Å². The van der Waals surface area contributed by atoms with Gasteiger partial charge >= 0.3 is 6.18 Å². The molecular weight excluding hydrogens is 449 g/mol. The number of carbonyl (C=O) groups excluding carboxylic acids is 1. The maximum atomic E-state index is 12.8. The van der Waals surface area contributed by atoms with E-state index in [2.05, 4.69) is 5.32 Å². The van der Waals surface area contributed by atoms with Crippen LogP contribution in [0.3, 0.4) is 0 Å². The van der Waals surface area contributed by atoms with Crippen molar-refractivity contribution in [2.45, 2.75) is 36.1 Å². The van der Waals surface area contributed by atoms with Crippen molar-refractivity contribution in [1.82, 2.24) is 9.62 Å². The zero-order valence-electron chi connectivity index (χ0n) is 17.0. The number of hydrogen-bond donors (Lipinski definition) is 2. The second-order valence-corrected chi connectivity index (χ2v) is 9.21. The van der Waals surface area contributed by atoms with E-state index >= 15 is 0 Å². The number of aliphatic hydroxyl groups is 1. The van der Waals surface area contributed by atoms with Crippen molar-refractivity contribution in [2.24, 2.45) is 0 Å². The van der Waals surface area contributed by atoms with Crippen LogP contribution < -0.4 is 10.1 Å². The third kappa shape index (κ3) is 5.78. The molecule has 3 rings (SSSR count). The van der Waals surface area contributed by atoms with Crippen LogP contribution in [0, 0.1) is 0 Å². The molecule has 1 aliphatic heterocycles. The average molecular weight is 472 g/mol. The monoisotopic (exact) mass is 472 g/mol. The zero-order valence-corrected chi connectivity index (χ0v) is 17.8. The van der Waals surface area contributed by atoms with Crippen LogP contribution in [0.15, 0.2) is 59.5 Å². The van der Waals surface area contributed by atoms with E-state index < -0.39 is 39.8 Å². The number of benzene rings is 2. The van der Waals surface area contributed by atoms with E-state index in [1.807, 2.05) is 0 Å². The third-order valence-electron chi connectivity index (χ3n) is 4.97. The minimum Gasteiger partial charge on any atom is -0.491 e. The van der Waals surface area contributed by atoms with E-state index in [0.717, 1.165) is 16.4 Å². The molecular formula is C21H23F3N2O5S. The number of aliphatic hydroxyl groups excluding tert-OH is 1. The first-order valence-corrected chi connectivity index (χ1v) is 11.4. The molecule has 2 aromatic carbocycles. The largest absolute Gasteiger partial charge is 0.491 e. The molecule has 1 heterocycles. The lowest BCUT2D eigenvalue weighted by Gasteiger charge is -2.24. The van der Waals surface area contributed by atoms with Gasteiger partial charge in [0.05, 0.1) is 10.5 Å². The van der Waals surface area contributed by atoms with E-state index in [1.54, 1.807) is 18.2 Å². The summed E-state index contributed by atoms with van der Waals surface area (Å²) in [6, 6.07) is 11.1. The fourth-order valence-electron chi connectivity index (χ4n) is 3.37. The van der Waals surface area contributed by atoms with Gasteiger partial charge in [0, 0.05) is 13.1 Å².